The number of amides is 1. The number of ether oxygens (including phenoxy) is 1. The van der Waals surface area contributed by atoms with Gasteiger partial charge in [0.1, 0.15) is 5.75 Å². The number of hydrogen-bond acceptors (Lipinski definition) is 2. The fourth-order valence-corrected chi connectivity index (χ4v) is 1.78. The Morgan fingerprint density at radius 2 is 1.78 bits per heavy atom. The topological polar surface area (TPSA) is 52.3 Å². The first-order valence-electron chi connectivity index (χ1n) is 5.51. The number of carbonyl (C=O) groups is 1. The van der Waals surface area contributed by atoms with Crippen molar-refractivity contribution in [1.82, 2.24) is 0 Å². The van der Waals surface area contributed by atoms with Gasteiger partial charge in [0.25, 0.3) is 0 Å². The fourth-order valence-electron chi connectivity index (χ4n) is 1.78. The first kappa shape index (κ1) is 12.2. The van der Waals surface area contributed by atoms with Crippen LogP contribution >= 0.6 is 0 Å². The van der Waals surface area contributed by atoms with Crippen LogP contribution in [0.1, 0.15) is 15.9 Å². The Morgan fingerprint density at radius 3 is 2.33 bits per heavy atom. The van der Waals surface area contributed by atoms with Crippen molar-refractivity contribution in [2.45, 2.75) is 0 Å². The number of primary amides is 1. The van der Waals surface area contributed by atoms with Crippen molar-refractivity contribution in [3.8, 4) is 16.9 Å². The summed E-state index contributed by atoms with van der Waals surface area (Å²) in [5.74, 6) is 0.343. The highest BCUT2D eigenvalue weighted by Gasteiger charge is 2.05. The predicted octanol–water partition coefficient (Wildman–Crippen LogP) is 2.64. The first-order chi connectivity index (χ1) is 8.60. The summed E-state index contributed by atoms with van der Waals surface area (Å²) in [5.41, 5.74) is 8.42. The molecule has 0 heterocycles. The van der Waals surface area contributed by atoms with Gasteiger partial charge in [-0.15, -0.1) is 0 Å². The second kappa shape index (κ2) is 4.92. The molecular weight excluding hydrogens is 226 g/mol. The molecule has 0 saturated heterocycles. The Labute approximate surface area is 106 Å². The standard InChI is InChI=1S/C15H14NO2/c1-10-7-12(9-13(8-10)15(16)17)11-3-5-14(18-2)6-4-11/h3-9H,1H2,2H3,(H2,16,17). The van der Waals surface area contributed by atoms with E-state index < -0.39 is 5.91 Å². The second-order valence-corrected chi connectivity index (χ2v) is 4.01. The quantitative estimate of drug-likeness (QED) is 0.896. The molecule has 0 bridgehead atoms. The van der Waals surface area contributed by atoms with Gasteiger partial charge in [0.2, 0.25) is 5.91 Å². The van der Waals surface area contributed by atoms with Gasteiger partial charge >= 0.3 is 0 Å². The third kappa shape index (κ3) is 2.51. The highest BCUT2D eigenvalue weighted by Crippen LogP contribution is 2.24. The molecule has 0 aliphatic rings. The minimum atomic E-state index is -0.449. The molecule has 1 amide bonds. The van der Waals surface area contributed by atoms with Crippen LogP contribution in [-0.2, 0) is 0 Å². The zero-order valence-electron chi connectivity index (χ0n) is 10.1. The minimum absolute atomic E-state index is 0.449. The van der Waals surface area contributed by atoms with Crippen molar-refractivity contribution in [3.63, 3.8) is 0 Å². The van der Waals surface area contributed by atoms with Gasteiger partial charge in [-0.05, 0) is 47.9 Å². The van der Waals surface area contributed by atoms with Crippen LogP contribution in [0.3, 0.4) is 0 Å². The van der Waals surface area contributed by atoms with E-state index in [0.717, 1.165) is 22.4 Å². The minimum Gasteiger partial charge on any atom is -0.497 e. The van der Waals surface area contributed by atoms with Crippen molar-refractivity contribution in [1.29, 1.82) is 0 Å². The van der Waals surface area contributed by atoms with E-state index in [1.54, 1.807) is 19.2 Å². The van der Waals surface area contributed by atoms with Gasteiger partial charge in [-0.25, -0.2) is 0 Å². The van der Waals surface area contributed by atoms with E-state index in [9.17, 15) is 4.79 Å². The van der Waals surface area contributed by atoms with Crippen molar-refractivity contribution in [2.75, 3.05) is 7.11 Å². The molecule has 0 atom stereocenters. The second-order valence-electron chi connectivity index (χ2n) is 4.01. The van der Waals surface area contributed by atoms with E-state index in [2.05, 4.69) is 6.92 Å². The average molecular weight is 240 g/mol. The highest BCUT2D eigenvalue weighted by atomic mass is 16.5. The van der Waals surface area contributed by atoms with Gasteiger partial charge in [-0.2, -0.15) is 0 Å². The Balaban J connectivity index is 2.46. The molecule has 3 nitrogen and oxygen atoms in total. The normalized spacial score (nSPS) is 10.1. The lowest BCUT2D eigenvalue weighted by Gasteiger charge is -2.07. The molecule has 0 aromatic heterocycles. The fraction of sp³-hybridized carbons (Fsp3) is 0.0667. The number of hydrogen-bond donors (Lipinski definition) is 1. The molecule has 0 aliphatic carbocycles. The Kier molecular flexibility index (Phi) is 3.33. The van der Waals surface area contributed by atoms with Crippen LogP contribution in [0.2, 0.25) is 0 Å². The molecule has 1 radical (unpaired) electrons. The molecule has 0 saturated carbocycles. The molecule has 18 heavy (non-hydrogen) atoms. The largest absolute Gasteiger partial charge is 0.497 e. The van der Waals surface area contributed by atoms with Gasteiger partial charge in [-0.1, -0.05) is 18.2 Å². The summed E-state index contributed by atoms with van der Waals surface area (Å²) in [6.07, 6.45) is 0. The summed E-state index contributed by atoms with van der Waals surface area (Å²) >= 11 is 0. The maximum Gasteiger partial charge on any atom is 0.248 e. The zero-order valence-corrected chi connectivity index (χ0v) is 10.1. The molecule has 2 aromatic carbocycles. The average Bonchev–Trinajstić information content (AvgIpc) is 2.38. The molecular formula is C15H14NO2. The molecule has 0 spiro atoms. The number of benzene rings is 2. The maximum atomic E-state index is 11.2. The van der Waals surface area contributed by atoms with Crippen LogP contribution in [-0.4, -0.2) is 13.0 Å². The number of carbonyl (C=O) groups excluding carboxylic acids is 1. The first-order valence-corrected chi connectivity index (χ1v) is 5.51. The number of rotatable bonds is 3. The predicted molar refractivity (Wildman–Crippen MR) is 71.4 cm³/mol. The maximum absolute atomic E-state index is 11.2. The van der Waals surface area contributed by atoms with Gasteiger partial charge in [0.15, 0.2) is 0 Å². The summed E-state index contributed by atoms with van der Waals surface area (Å²) in [5, 5.41) is 0. The highest BCUT2D eigenvalue weighted by molar-refractivity contribution is 5.94. The molecule has 0 fully saturated rings. The van der Waals surface area contributed by atoms with Crippen LogP contribution in [0, 0.1) is 6.92 Å². The van der Waals surface area contributed by atoms with Gasteiger partial charge in [0, 0.05) is 5.56 Å². The van der Waals surface area contributed by atoms with Crippen molar-refractivity contribution in [2.24, 2.45) is 5.73 Å². The SMILES string of the molecule is [CH2]c1cc(C(N)=O)cc(-c2ccc(OC)cc2)c1. The monoisotopic (exact) mass is 240 g/mol. The van der Waals surface area contributed by atoms with E-state index in [1.165, 1.54) is 0 Å². The summed E-state index contributed by atoms with van der Waals surface area (Å²) in [6, 6.07) is 12.9. The van der Waals surface area contributed by atoms with Crippen LogP contribution < -0.4 is 10.5 Å². The van der Waals surface area contributed by atoms with Crippen molar-refractivity contribution in [3.05, 3.63) is 60.5 Å². The molecule has 0 unspecified atom stereocenters. The summed E-state index contributed by atoms with van der Waals surface area (Å²) in [4.78, 5) is 11.2. The lowest BCUT2D eigenvalue weighted by Crippen LogP contribution is -2.11. The van der Waals surface area contributed by atoms with Crippen molar-refractivity contribution >= 4 is 5.91 Å². The van der Waals surface area contributed by atoms with Crippen LogP contribution in [0.4, 0.5) is 0 Å². The molecule has 2 aromatic rings. The van der Waals surface area contributed by atoms with E-state index in [0.29, 0.717) is 5.56 Å². The van der Waals surface area contributed by atoms with E-state index in [1.807, 2.05) is 30.3 Å². The Hall–Kier alpha value is -2.29. The number of methoxy groups -OCH3 is 1. The van der Waals surface area contributed by atoms with Gasteiger partial charge in [-0.3, -0.25) is 4.79 Å². The third-order valence-corrected chi connectivity index (χ3v) is 2.70. The van der Waals surface area contributed by atoms with E-state index in [-0.39, 0.29) is 0 Å². The molecule has 3 heteroatoms. The van der Waals surface area contributed by atoms with E-state index in [4.69, 9.17) is 10.5 Å². The Bertz CT molecular complexity index is 574. The van der Waals surface area contributed by atoms with Crippen LogP contribution in [0.5, 0.6) is 5.75 Å². The van der Waals surface area contributed by atoms with Crippen LogP contribution in [0.15, 0.2) is 42.5 Å². The molecule has 0 aliphatic heterocycles. The number of nitrogens with two attached hydrogens (primary N) is 1. The van der Waals surface area contributed by atoms with E-state index >= 15 is 0 Å². The summed E-state index contributed by atoms with van der Waals surface area (Å²) in [7, 11) is 1.62. The summed E-state index contributed by atoms with van der Waals surface area (Å²) in [6.45, 7) is 3.85. The van der Waals surface area contributed by atoms with Gasteiger partial charge < -0.3 is 10.5 Å². The lowest BCUT2D eigenvalue weighted by atomic mass is 10.00. The van der Waals surface area contributed by atoms with Gasteiger partial charge in [0.05, 0.1) is 7.11 Å². The lowest BCUT2D eigenvalue weighted by molar-refractivity contribution is 0.100. The van der Waals surface area contributed by atoms with Crippen LogP contribution in [0.25, 0.3) is 11.1 Å². The van der Waals surface area contributed by atoms with Crippen molar-refractivity contribution < 1.29 is 9.53 Å². The molecule has 91 valence electrons. The third-order valence-electron chi connectivity index (χ3n) is 2.70. The zero-order chi connectivity index (χ0) is 13.1. The summed E-state index contributed by atoms with van der Waals surface area (Å²) < 4.78 is 5.10. The smallest absolute Gasteiger partial charge is 0.248 e. The molecule has 2 N–H and O–H groups in total. The molecule has 2 rings (SSSR count). The Morgan fingerprint density at radius 1 is 1.11 bits per heavy atom.